The summed E-state index contributed by atoms with van der Waals surface area (Å²) in [6.07, 6.45) is 4.61. The number of anilines is 1. The summed E-state index contributed by atoms with van der Waals surface area (Å²) in [5.41, 5.74) is 1.54. The zero-order chi connectivity index (χ0) is 22.2. The van der Waals surface area contributed by atoms with E-state index in [1.807, 2.05) is 37.3 Å². The molecule has 0 saturated carbocycles. The molecule has 3 rings (SSSR count). The van der Waals surface area contributed by atoms with Gasteiger partial charge in [-0.3, -0.25) is 10.1 Å². The maximum atomic E-state index is 12.6. The van der Waals surface area contributed by atoms with Crippen LogP contribution in [0.2, 0.25) is 10.0 Å². The molecule has 0 saturated heterocycles. The number of hydrogen-bond donors (Lipinski definition) is 1. The number of nitrogens with zero attached hydrogens (tertiary/aromatic N) is 2. The summed E-state index contributed by atoms with van der Waals surface area (Å²) >= 11 is 13.5. The lowest BCUT2D eigenvalue weighted by molar-refractivity contribution is -0.112. The second-order valence-corrected chi connectivity index (χ2v) is 8.51. The highest BCUT2D eigenvalue weighted by Crippen LogP contribution is 2.27. The molecular formula is C23H19Cl2N3O2S. The van der Waals surface area contributed by atoms with Crippen LogP contribution in [0, 0.1) is 11.3 Å². The molecule has 0 aliphatic heterocycles. The van der Waals surface area contributed by atoms with E-state index in [1.165, 1.54) is 17.4 Å². The van der Waals surface area contributed by atoms with Crippen molar-refractivity contribution < 1.29 is 9.53 Å². The van der Waals surface area contributed by atoms with Crippen molar-refractivity contribution in [2.45, 2.75) is 19.8 Å². The fourth-order valence-electron chi connectivity index (χ4n) is 2.71. The van der Waals surface area contributed by atoms with Crippen molar-refractivity contribution in [1.82, 2.24) is 4.98 Å². The summed E-state index contributed by atoms with van der Waals surface area (Å²) < 4.78 is 5.69. The molecule has 1 amide bonds. The number of thiazole rings is 1. The second-order valence-electron chi connectivity index (χ2n) is 6.55. The average molecular weight is 472 g/mol. The van der Waals surface area contributed by atoms with Gasteiger partial charge in [-0.05, 0) is 36.3 Å². The van der Waals surface area contributed by atoms with Gasteiger partial charge in [0.1, 0.15) is 17.4 Å². The van der Waals surface area contributed by atoms with Gasteiger partial charge >= 0.3 is 0 Å². The van der Waals surface area contributed by atoms with E-state index < -0.39 is 5.91 Å². The molecule has 1 heterocycles. The molecule has 1 N–H and O–H groups in total. The third-order valence-corrected chi connectivity index (χ3v) is 5.70. The lowest BCUT2D eigenvalue weighted by Crippen LogP contribution is -2.13. The van der Waals surface area contributed by atoms with Crippen LogP contribution >= 0.6 is 34.5 Å². The van der Waals surface area contributed by atoms with Gasteiger partial charge in [0.05, 0.1) is 6.61 Å². The molecule has 0 atom stereocenters. The van der Waals surface area contributed by atoms with Gasteiger partial charge in [-0.25, -0.2) is 4.98 Å². The van der Waals surface area contributed by atoms with Crippen LogP contribution in [0.1, 0.15) is 29.3 Å². The second kappa shape index (κ2) is 11.0. The first-order valence-electron chi connectivity index (χ1n) is 9.53. The first-order chi connectivity index (χ1) is 15.0. The Morgan fingerprint density at radius 3 is 2.84 bits per heavy atom. The van der Waals surface area contributed by atoms with Crippen LogP contribution in [0.3, 0.4) is 0 Å². The van der Waals surface area contributed by atoms with Gasteiger partial charge < -0.3 is 4.74 Å². The van der Waals surface area contributed by atoms with Gasteiger partial charge in [0.25, 0.3) is 5.91 Å². The van der Waals surface area contributed by atoms with Crippen molar-refractivity contribution in [3.05, 3.63) is 80.3 Å². The zero-order valence-electron chi connectivity index (χ0n) is 16.7. The number of halogens is 2. The number of nitrogens with one attached hydrogen (secondary N) is 1. The van der Waals surface area contributed by atoms with E-state index in [1.54, 1.807) is 24.4 Å². The molecule has 0 spiro atoms. The Hall–Kier alpha value is -2.85. The Labute approximate surface area is 194 Å². The van der Waals surface area contributed by atoms with Crippen molar-refractivity contribution in [1.29, 1.82) is 5.26 Å². The normalized spacial score (nSPS) is 11.1. The van der Waals surface area contributed by atoms with Crippen molar-refractivity contribution in [3.63, 3.8) is 0 Å². The highest BCUT2D eigenvalue weighted by molar-refractivity contribution is 7.15. The summed E-state index contributed by atoms with van der Waals surface area (Å²) in [4.78, 5) is 17.8. The van der Waals surface area contributed by atoms with Crippen LogP contribution in [0.15, 0.2) is 54.2 Å². The maximum absolute atomic E-state index is 12.6. The van der Waals surface area contributed by atoms with Gasteiger partial charge in [-0.2, -0.15) is 5.26 Å². The average Bonchev–Trinajstić information content (AvgIpc) is 3.19. The molecule has 0 bridgehead atoms. The number of ether oxygens (including phenoxy) is 1. The molecular weight excluding hydrogens is 453 g/mol. The van der Waals surface area contributed by atoms with Crippen LogP contribution in [0.4, 0.5) is 5.13 Å². The molecule has 5 nitrogen and oxygen atoms in total. The molecule has 2 aromatic carbocycles. The fraction of sp³-hybridized carbons (Fsp3) is 0.174. The molecule has 0 aliphatic carbocycles. The summed E-state index contributed by atoms with van der Waals surface area (Å²) in [6.45, 7) is 2.56. The van der Waals surface area contributed by atoms with Crippen LogP contribution < -0.4 is 10.1 Å². The minimum atomic E-state index is -0.529. The number of para-hydroxylation sites is 1. The fourth-order valence-corrected chi connectivity index (χ4v) is 4.02. The van der Waals surface area contributed by atoms with Crippen molar-refractivity contribution in [2.24, 2.45) is 0 Å². The third-order valence-electron chi connectivity index (χ3n) is 4.20. The van der Waals surface area contributed by atoms with Crippen molar-refractivity contribution >= 4 is 51.7 Å². The Bertz CT molecular complexity index is 1150. The highest BCUT2D eigenvalue weighted by Gasteiger charge is 2.14. The molecule has 0 fully saturated rings. The largest absolute Gasteiger partial charge is 0.493 e. The Kier molecular flexibility index (Phi) is 8.07. The van der Waals surface area contributed by atoms with Crippen LogP contribution in [0.25, 0.3) is 6.08 Å². The molecule has 8 heteroatoms. The standard InChI is InChI=1S/C23H19Cl2N3O2S/c1-2-9-30-21-6-4-3-5-16(21)10-17(13-26)22(29)28-23-27-14-19(31-23)11-15-7-8-18(24)12-20(15)25/h3-8,10,12,14H,2,9,11H2,1H3,(H,27,28,29). The number of hydrogen-bond acceptors (Lipinski definition) is 5. The lowest BCUT2D eigenvalue weighted by atomic mass is 10.1. The lowest BCUT2D eigenvalue weighted by Gasteiger charge is -2.08. The third kappa shape index (κ3) is 6.31. The van der Waals surface area contributed by atoms with Gasteiger partial charge in [0, 0.05) is 33.1 Å². The van der Waals surface area contributed by atoms with Gasteiger partial charge in [-0.15, -0.1) is 11.3 Å². The van der Waals surface area contributed by atoms with Gasteiger partial charge in [0.15, 0.2) is 5.13 Å². The zero-order valence-corrected chi connectivity index (χ0v) is 19.0. The molecule has 0 unspecified atom stereocenters. The quantitative estimate of drug-likeness (QED) is 0.305. The number of rotatable bonds is 8. The molecule has 31 heavy (non-hydrogen) atoms. The minimum Gasteiger partial charge on any atom is -0.493 e. The van der Waals surface area contributed by atoms with Crippen LogP contribution in [-0.4, -0.2) is 17.5 Å². The summed E-state index contributed by atoms with van der Waals surface area (Å²) in [5.74, 6) is 0.0968. The summed E-state index contributed by atoms with van der Waals surface area (Å²) in [5, 5.41) is 13.7. The number of aromatic nitrogens is 1. The van der Waals surface area contributed by atoms with Gasteiger partial charge in [-0.1, -0.05) is 54.4 Å². The Balaban J connectivity index is 1.72. The number of nitriles is 1. The minimum absolute atomic E-state index is 0.0370. The number of carbonyl (C=O) groups is 1. The molecule has 0 radical (unpaired) electrons. The first-order valence-corrected chi connectivity index (χ1v) is 11.1. The SMILES string of the molecule is CCCOc1ccccc1C=C(C#N)C(=O)Nc1ncc(Cc2ccc(Cl)cc2Cl)s1. The van der Waals surface area contributed by atoms with Crippen LogP contribution in [0.5, 0.6) is 5.75 Å². The van der Waals surface area contributed by atoms with Gasteiger partial charge in [0.2, 0.25) is 0 Å². The van der Waals surface area contributed by atoms with E-state index in [9.17, 15) is 10.1 Å². The van der Waals surface area contributed by atoms with E-state index in [0.717, 1.165) is 16.9 Å². The predicted molar refractivity (Wildman–Crippen MR) is 126 cm³/mol. The van der Waals surface area contributed by atoms with Crippen molar-refractivity contribution in [3.8, 4) is 11.8 Å². The van der Waals surface area contributed by atoms with E-state index in [2.05, 4.69) is 10.3 Å². The van der Waals surface area contributed by atoms with E-state index in [4.69, 9.17) is 27.9 Å². The number of carbonyl (C=O) groups excluding carboxylic acids is 1. The monoisotopic (exact) mass is 471 g/mol. The summed E-state index contributed by atoms with van der Waals surface area (Å²) in [7, 11) is 0. The first kappa shape index (κ1) is 22.8. The van der Waals surface area contributed by atoms with E-state index in [0.29, 0.717) is 39.5 Å². The highest BCUT2D eigenvalue weighted by atomic mass is 35.5. The summed E-state index contributed by atoms with van der Waals surface area (Å²) in [6, 6.07) is 14.6. The number of amides is 1. The Morgan fingerprint density at radius 1 is 1.29 bits per heavy atom. The molecule has 3 aromatic rings. The van der Waals surface area contributed by atoms with E-state index in [-0.39, 0.29) is 5.57 Å². The number of benzene rings is 2. The van der Waals surface area contributed by atoms with E-state index >= 15 is 0 Å². The maximum Gasteiger partial charge on any atom is 0.268 e. The van der Waals surface area contributed by atoms with Crippen molar-refractivity contribution in [2.75, 3.05) is 11.9 Å². The smallest absolute Gasteiger partial charge is 0.268 e. The Morgan fingerprint density at radius 2 is 2.10 bits per heavy atom. The topological polar surface area (TPSA) is 75.0 Å². The molecule has 0 aliphatic rings. The molecule has 1 aromatic heterocycles. The van der Waals surface area contributed by atoms with Crippen LogP contribution in [-0.2, 0) is 11.2 Å². The predicted octanol–water partition coefficient (Wildman–Crippen LogP) is 6.38. The molecule has 158 valence electrons.